The molecule has 5 amide bonds. The number of rotatable bonds is 13. The molecule has 5 rings (SSSR count). The summed E-state index contributed by atoms with van der Waals surface area (Å²) in [6, 6.07) is -3.90. The number of Topliss-reactive ketones (excluding diaryl/α,β-unsaturated/α-hetero) is 1. The highest BCUT2D eigenvalue weighted by atomic mass is 16.3. The topological polar surface area (TPSA) is 174 Å². The van der Waals surface area contributed by atoms with Crippen LogP contribution in [0.1, 0.15) is 143 Å². The summed E-state index contributed by atoms with van der Waals surface area (Å²) < 4.78 is 0. The number of fused-ring (bicyclic) bond motifs is 1. The molecule has 5 fully saturated rings. The van der Waals surface area contributed by atoms with Crippen LogP contribution >= 0.6 is 0 Å². The molecule has 1 saturated heterocycles. The van der Waals surface area contributed by atoms with Crippen LogP contribution in [0.4, 0.5) is 0 Å². The van der Waals surface area contributed by atoms with Crippen LogP contribution in [0.2, 0.25) is 0 Å². The second-order valence-corrected chi connectivity index (χ2v) is 17.0. The molecule has 0 spiro atoms. The number of ketones is 1. The minimum absolute atomic E-state index is 0.0125. The van der Waals surface area contributed by atoms with E-state index in [9.17, 15) is 33.9 Å². The Morgan fingerprint density at radius 2 is 1.46 bits per heavy atom. The summed E-state index contributed by atoms with van der Waals surface area (Å²) in [7, 11) is 0. The van der Waals surface area contributed by atoms with Crippen molar-refractivity contribution in [2.24, 2.45) is 17.3 Å². The van der Waals surface area contributed by atoms with E-state index >= 15 is 0 Å². The zero-order chi connectivity index (χ0) is 36.2. The average Bonchev–Trinajstić information content (AvgIpc) is 3.64. The molecule has 4 aliphatic carbocycles. The molecule has 0 aromatic heterocycles. The van der Waals surface area contributed by atoms with Gasteiger partial charge >= 0.3 is 0 Å². The summed E-state index contributed by atoms with van der Waals surface area (Å²) in [5, 5.41) is 22.6. The summed E-state index contributed by atoms with van der Waals surface area (Å²) in [5.41, 5.74) is -2.24. The number of hydrogen-bond acceptors (Lipinski definition) is 7. The van der Waals surface area contributed by atoms with Gasteiger partial charge < -0.3 is 31.3 Å². The molecule has 6 atom stereocenters. The fraction of sp³-hybridized carbons (Fsp3) is 0.842. The number of carbonyl (C=O) groups is 6. The van der Waals surface area contributed by atoms with Gasteiger partial charge in [0.05, 0.1) is 6.04 Å². The molecular weight excluding hydrogens is 638 g/mol. The van der Waals surface area contributed by atoms with Gasteiger partial charge in [-0.2, -0.15) is 0 Å². The molecule has 0 unspecified atom stereocenters. The summed E-state index contributed by atoms with van der Waals surface area (Å²) >= 11 is 0. The van der Waals surface area contributed by atoms with Gasteiger partial charge in [-0.25, -0.2) is 0 Å². The second kappa shape index (κ2) is 16.1. The summed E-state index contributed by atoms with van der Waals surface area (Å²) in [6.45, 7) is 7.52. The van der Waals surface area contributed by atoms with Crippen molar-refractivity contribution in [3.8, 4) is 0 Å². The molecule has 0 radical (unpaired) electrons. The Morgan fingerprint density at radius 1 is 0.820 bits per heavy atom. The standard InChI is InChI=1S/C38H61N5O7/c1-5-13-26(30(44)34(47)39-25-18-19-25)40-32(45)28-22-24-16-9-10-17-27(24)43(28)35(48)31(37(2,3)4)42-33(46)29(23-14-7-6-8-15-23)41-36(49)38(50)20-11-12-21-38/h23-29,31,50H,5-22H2,1-4H3,(H,39,47)(H,40,45)(H,41,49)(H,42,46)/t24-,26-,27-,28-,29-,31+/m0/s1. The summed E-state index contributed by atoms with van der Waals surface area (Å²) in [5.74, 6) is -3.14. The summed E-state index contributed by atoms with van der Waals surface area (Å²) in [4.78, 5) is 84.1. The van der Waals surface area contributed by atoms with E-state index in [1.807, 2.05) is 27.7 Å². The third-order valence-corrected chi connectivity index (χ3v) is 11.9. The van der Waals surface area contributed by atoms with Crippen molar-refractivity contribution in [2.75, 3.05) is 0 Å². The van der Waals surface area contributed by atoms with Gasteiger partial charge in [-0.15, -0.1) is 0 Å². The number of nitrogens with one attached hydrogen (secondary N) is 4. The predicted octanol–water partition coefficient (Wildman–Crippen LogP) is 3.18. The van der Waals surface area contributed by atoms with Gasteiger partial charge in [0, 0.05) is 12.1 Å². The van der Waals surface area contributed by atoms with Crippen LogP contribution in [0.3, 0.4) is 0 Å². The molecule has 280 valence electrons. The molecule has 0 aromatic carbocycles. The average molecular weight is 700 g/mol. The largest absolute Gasteiger partial charge is 0.380 e. The van der Waals surface area contributed by atoms with Gasteiger partial charge in [0.25, 0.3) is 11.8 Å². The van der Waals surface area contributed by atoms with E-state index in [1.165, 1.54) is 0 Å². The van der Waals surface area contributed by atoms with Gasteiger partial charge in [0.2, 0.25) is 23.5 Å². The third kappa shape index (κ3) is 8.88. The van der Waals surface area contributed by atoms with Crippen LogP contribution in [0.5, 0.6) is 0 Å². The Kier molecular flexibility index (Phi) is 12.3. The first kappa shape index (κ1) is 38.2. The van der Waals surface area contributed by atoms with Gasteiger partial charge in [0.15, 0.2) is 0 Å². The molecule has 50 heavy (non-hydrogen) atoms. The molecular formula is C38H61N5O7. The van der Waals surface area contributed by atoms with Crippen molar-refractivity contribution in [2.45, 2.75) is 185 Å². The van der Waals surface area contributed by atoms with Crippen molar-refractivity contribution in [1.82, 2.24) is 26.2 Å². The Morgan fingerprint density at radius 3 is 2.08 bits per heavy atom. The van der Waals surface area contributed by atoms with E-state index in [0.717, 1.165) is 83.5 Å². The number of likely N-dealkylation sites (tertiary alicyclic amines) is 1. The molecule has 5 aliphatic rings. The maximum atomic E-state index is 14.8. The van der Waals surface area contributed by atoms with Gasteiger partial charge in [-0.1, -0.05) is 66.2 Å². The normalized spacial score (nSPS) is 27.0. The van der Waals surface area contributed by atoms with Gasteiger partial charge in [0.1, 0.15) is 23.7 Å². The fourth-order valence-electron chi connectivity index (χ4n) is 8.84. The number of amides is 5. The third-order valence-electron chi connectivity index (χ3n) is 11.9. The quantitative estimate of drug-likeness (QED) is 0.184. The highest BCUT2D eigenvalue weighted by Gasteiger charge is 2.52. The van der Waals surface area contributed by atoms with E-state index in [0.29, 0.717) is 32.1 Å². The molecule has 5 N–H and O–H groups in total. The van der Waals surface area contributed by atoms with E-state index in [2.05, 4.69) is 21.3 Å². The predicted molar refractivity (Wildman–Crippen MR) is 187 cm³/mol. The fourth-order valence-corrected chi connectivity index (χ4v) is 8.84. The van der Waals surface area contributed by atoms with Crippen molar-refractivity contribution < 1.29 is 33.9 Å². The zero-order valence-electron chi connectivity index (χ0n) is 30.7. The van der Waals surface area contributed by atoms with Crippen molar-refractivity contribution in [1.29, 1.82) is 0 Å². The number of nitrogens with zero attached hydrogens (tertiary/aromatic N) is 1. The van der Waals surface area contributed by atoms with E-state index in [1.54, 1.807) is 4.90 Å². The lowest BCUT2D eigenvalue weighted by atomic mass is 9.81. The molecule has 12 heteroatoms. The maximum absolute atomic E-state index is 14.8. The molecule has 12 nitrogen and oxygen atoms in total. The first-order chi connectivity index (χ1) is 23.7. The first-order valence-electron chi connectivity index (χ1n) is 19.5. The van der Waals surface area contributed by atoms with Crippen LogP contribution < -0.4 is 21.3 Å². The van der Waals surface area contributed by atoms with Crippen molar-refractivity contribution >= 4 is 35.3 Å². The summed E-state index contributed by atoms with van der Waals surface area (Å²) in [6.07, 6.45) is 13.2. The Balaban J connectivity index is 1.37. The highest BCUT2D eigenvalue weighted by Crippen LogP contribution is 2.41. The van der Waals surface area contributed by atoms with Crippen LogP contribution in [0, 0.1) is 17.3 Å². The van der Waals surface area contributed by atoms with Crippen LogP contribution in [0.25, 0.3) is 0 Å². The Hall–Kier alpha value is -3.02. The minimum Gasteiger partial charge on any atom is -0.380 e. The van der Waals surface area contributed by atoms with E-state index < -0.39 is 64.6 Å². The van der Waals surface area contributed by atoms with Crippen molar-refractivity contribution in [3.05, 3.63) is 0 Å². The minimum atomic E-state index is -1.49. The highest BCUT2D eigenvalue weighted by molar-refractivity contribution is 6.38. The molecule has 0 bridgehead atoms. The van der Waals surface area contributed by atoms with Crippen molar-refractivity contribution in [3.63, 3.8) is 0 Å². The lowest BCUT2D eigenvalue weighted by Gasteiger charge is -2.41. The molecule has 0 aromatic rings. The van der Waals surface area contributed by atoms with Gasteiger partial charge in [-0.3, -0.25) is 28.8 Å². The Labute approximate surface area is 297 Å². The molecule has 1 heterocycles. The SMILES string of the molecule is CCC[C@H](NC(=O)[C@@H]1C[C@@H]2CCCC[C@@H]2N1C(=O)[C@@H](NC(=O)[C@@H](NC(=O)C1(O)CCCC1)C1CCCCC1)C(C)(C)C)C(=O)C(=O)NC1CC1. The number of hydrogen-bond donors (Lipinski definition) is 5. The first-order valence-corrected chi connectivity index (χ1v) is 19.5. The molecule has 1 aliphatic heterocycles. The van der Waals surface area contributed by atoms with E-state index in [4.69, 9.17) is 0 Å². The smallest absolute Gasteiger partial charge is 0.289 e. The monoisotopic (exact) mass is 699 g/mol. The van der Waals surface area contributed by atoms with Crippen LogP contribution in [-0.2, 0) is 28.8 Å². The number of aliphatic hydroxyl groups is 1. The lowest BCUT2D eigenvalue weighted by Crippen LogP contribution is -2.64. The zero-order valence-corrected chi connectivity index (χ0v) is 30.7. The Bertz CT molecular complexity index is 1280. The van der Waals surface area contributed by atoms with E-state index in [-0.39, 0.29) is 29.8 Å². The van der Waals surface area contributed by atoms with Crippen LogP contribution in [0.15, 0.2) is 0 Å². The second-order valence-electron chi connectivity index (χ2n) is 17.0. The van der Waals surface area contributed by atoms with Crippen LogP contribution in [-0.4, -0.2) is 87.2 Å². The molecule has 4 saturated carbocycles. The maximum Gasteiger partial charge on any atom is 0.289 e. The number of carbonyl (C=O) groups excluding carboxylic acids is 6. The lowest BCUT2D eigenvalue weighted by molar-refractivity contribution is -0.148. The van der Waals surface area contributed by atoms with Gasteiger partial charge in [-0.05, 0) is 94.3 Å².